The molecule has 0 fully saturated rings. The smallest absolute Gasteiger partial charge is 0.197 e. The second kappa shape index (κ2) is 9.74. The Kier molecular flexibility index (Phi) is 7.36. The van der Waals surface area contributed by atoms with Crippen LogP contribution in [0.5, 0.6) is 5.75 Å². The molecule has 0 radical (unpaired) electrons. The second-order valence-corrected chi connectivity index (χ2v) is 5.84. The number of carbonyl (C=O) groups is 1. The number of ether oxygens (including phenoxy) is 1. The largest absolute Gasteiger partial charge is 0.465 e. The summed E-state index contributed by atoms with van der Waals surface area (Å²) in [6.45, 7) is 2.11. The van der Waals surface area contributed by atoms with Crippen LogP contribution >= 0.6 is 0 Å². The molecule has 25 heavy (non-hydrogen) atoms. The summed E-state index contributed by atoms with van der Waals surface area (Å²) in [5.74, 6) is 0.0330. The zero-order valence-electron chi connectivity index (χ0n) is 14.3. The highest BCUT2D eigenvalue weighted by molar-refractivity contribution is 6.06. The van der Waals surface area contributed by atoms with E-state index in [1.807, 2.05) is 12.1 Å². The summed E-state index contributed by atoms with van der Waals surface area (Å²) in [4.78, 5) is 12.0. The van der Waals surface area contributed by atoms with Crippen LogP contribution in [0.25, 0.3) is 6.08 Å². The van der Waals surface area contributed by atoms with E-state index in [9.17, 15) is 14.3 Å². The van der Waals surface area contributed by atoms with Gasteiger partial charge in [-0.25, -0.2) is 4.39 Å². The first-order valence-corrected chi connectivity index (χ1v) is 8.51. The average molecular weight is 342 g/mol. The topological polar surface area (TPSA) is 46.5 Å². The maximum atomic E-state index is 12.9. The van der Waals surface area contributed by atoms with Crippen molar-refractivity contribution in [2.45, 2.75) is 38.9 Å². The van der Waals surface area contributed by atoms with Gasteiger partial charge in [-0.2, -0.15) is 0 Å². The molecule has 0 saturated carbocycles. The Morgan fingerprint density at radius 2 is 1.80 bits per heavy atom. The Morgan fingerprint density at radius 3 is 2.44 bits per heavy atom. The van der Waals surface area contributed by atoms with E-state index in [1.54, 1.807) is 18.2 Å². The van der Waals surface area contributed by atoms with Gasteiger partial charge in [0.1, 0.15) is 11.6 Å². The van der Waals surface area contributed by atoms with Crippen molar-refractivity contribution in [3.8, 4) is 5.75 Å². The number of unbranched alkanes of at least 4 members (excludes halogenated alkanes) is 2. The van der Waals surface area contributed by atoms with E-state index < -0.39 is 6.29 Å². The Morgan fingerprint density at radius 1 is 1.12 bits per heavy atom. The fourth-order valence-electron chi connectivity index (χ4n) is 2.32. The molecule has 2 rings (SSSR count). The van der Waals surface area contributed by atoms with Crippen LogP contribution in [-0.2, 0) is 0 Å². The molecular formula is C21H23FO3. The van der Waals surface area contributed by atoms with Gasteiger partial charge in [0.2, 0.25) is 0 Å². The molecule has 0 aliphatic heterocycles. The molecule has 0 bridgehead atoms. The monoisotopic (exact) mass is 342 g/mol. The van der Waals surface area contributed by atoms with Crippen molar-refractivity contribution < 1.29 is 19.0 Å². The maximum Gasteiger partial charge on any atom is 0.197 e. The van der Waals surface area contributed by atoms with E-state index in [0.29, 0.717) is 17.7 Å². The Labute approximate surface area is 147 Å². The van der Waals surface area contributed by atoms with Crippen LogP contribution < -0.4 is 4.74 Å². The van der Waals surface area contributed by atoms with E-state index in [2.05, 4.69) is 6.92 Å². The van der Waals surface area contributed by atoms with Crippen LogP contribution in [0.15, 0.2) is 54.6 Å². The van der Waals surface area contributed by atoms with Crippen LogP contribution in [0, 0.1) is 5.82 Å². The van der Waals surface area contributed by atoms with Gasteiger partial charge < -0.3 is 9.84 Å². The van der Waals surface area contributed by atoms with Crippen LogP contribution in [0.1, 0.15) is 48.5 Å². The van der Waals surface area contributed by atoms with Crippen molar-refractivity contribution in [3.63, 3.8) is 0 Å². The summed E-state index contributed by atoms with van der Waals surface area (Å²) < 4.78 is 18.3. The van der Waals surface area contributed by atoms with Gasteiger partial charge in [0.25, 0.3) is 0 Å². The van der Waals surface area contributed by atoms with E-state index in [1.165, 1.54) is 30.3 Å². The highest BCUT2D eigenvalue weighted by atomic mass is 19.1. The summed E-state index contributed by atoms with van der Waals surface area (Å²) in [5, 5.41) is 9.81. The number of carbonyl (C=O) groups excluding carboxylic acids is 1. The molecule has 0 saturated heterocycles. The predicted octanol–water partition coefficient (Wildman–Crippen LogP) is 5.00. The fourth-order valence-corrected chi connectivity index (χ4v) is 2.32. The van der Waals surface area contributed by atoms with Gasteiger partial charge in [0, 0.05) is 12.0 Å². The van der Waals surface area contributed by atoms with Crippen molar-refractivity contribution in [2.24, 2.45) is 0 Å². The fraction of sp³-hybridized carbons (Fsp3) is 0.286. The lowest BCUT2D eigenvalue weighted by Crippen LogP contribution is -2.15. The number of benzene rings is 2. The molecule has 1 atom stereocenters. The van der Waals surface area contributed by atoms with Gasteiger partial charge in [-0.3, -0.25) is 4.79 Å². The van der Waals surface area contributed by atoms with Crippen molar-refractivity contribution >= 4 is 11.9 Å². The molecule has 2 aromatic rings. The van der Waals surface area contributed by atoms with Crippen LogP contribution in [0.2, 0.25) is 0 Å². The van der Waals surface area contributed by atoms with E-state index >= 15 is 0 Å². The summed E-state index contributed by atoms with van der Waals surface area (Å²) in [6.07, 6.45) is 6.06. The minimum absolute atomic E-state index is 0.188. The molecule has 3 nitrogen and oxygen atoms in total. The molecule has 0 amide bonds. The third-order valence-electron chi connectivity index (χ3n) is 3.76. The Hall–Kier alpha value is -2.46. The van der Waals surface area contributed by atoms with Crippen LogP contribution in [0.4, 0.5) is 4.39 Å². The number of halogens is 1. The number of aliphatic hydroxyl groups excluding tert-OH is 1. The molecule has 132 valence electrons. The zero-order chi connectivity index (χ0) is 18.1. The first-order chi connectivity index (χ1) is 12.1. The molecule has 1 unspecified atom stereocenters. The number of allylic oxidation sites excluding steroid dienone is 1. The Balaban J connectivity index is 1.89. The highest BCUT2D eigenvalue weighted by Crippen LogP contribution is 2.16. The van der Waals surface area contributed by atoms with Crippen LogP contribution in [-0.4, -0.2) is 17.2 Å². The van der Waals surface area contributed by atoms with Crippen LogP contribution in [0.3, 0.4) is 0 Å². The Bertz CT molecular complexity index is 690. The van der Waals surface area contributed by atoms with Gasteiger partial charge in [0.05, 0.1) is 0 Å². The lowest BCUT2D eigenvalue weighted by Gasteiger charge is -2.13. The molecule has 0 heterocycles. The summed E-state index contributed by atoms with van der Waals surface area (Å²) in [7, 11) is 0. The molecule has 0 aliphatic rings. The van der Waals surface area contributed by atoms with Gasteiger partial charge in [-0.15, -0.1) is 0 Å². The third kappa shape index (κ3) is 6.51. The van der Waals surface area contributed by atoms with Gasteiger partial charge >= 0.3 is 0 Å². The maximum absolute atomic E-state index is 12.9. The van der Waals surface area contributed by atoms with Crippen molar-refractivity contribution in [1.29, 1.82) is 0 Å². The van der Waals surface area contributed by atoms with Crippen molar-refractivity contribution in [3.05, 3.63) is 71.6 Å². The van der Waals surface area contributed by atoms with E-state index in [-0.39, 0.29) is 11.6 Å². The lowest BCUT2D eigenvalue weighted by atomic mass is 10.1. The molecule has 0 spiro atoms. The molecule has 2 aromatic carbocycles. The second-order valence-electron chi connectivity index (χ2n) is 5.84. The number of ketones is 1. The summed E-state index contributed by atoms with van der Waals surface area (Å²) >= 11 is 0. The number of rotatable bonds is 9. The SMILES string of the molecule is CCCCCC(O)Oc1ccc(C=CC(=O)c2ccc(F)cc2)cc1. The number of hydrogen-bond donors (Lipinski definition) is 1. The minimum atomic E-state index is -0.798. The standard InChI is InChI=1S/C21H23FO3/c1-2-3-4-5-21(24)25-19-13-6-16(7-14-19)8-15-20(23)17-9-11-18(22)12-10-17/h6-15,21,24H,2-5H2,1H3. The third-order valence-corrected chi connectivity index (χ3v) is 3.76. The minimum Gasteiger partial charge on any atom is -0.465 e. The first-order valence-electron chi connectivity index (χ1n) is 8.51. The summed E-state index contributed by atoms with van der Waals surface area (Å²) in [6, 6.07) is 12.6. The van der Waals surface area contributed by atoms with Gasteiger partial charge in [0.15, 0.2) is 12.1 Å². The molecule has 0 aromatic heterocycles. The van der Waals surface area contributed by atoms with E-state index in [4.69, 9.17) is 4.74 Å². The van der Waals surface area contributed by atoms with Gasteiger partial charge in [-0.1, -0.05) is 38.0 Å². The quantitative estimate of drug-likeness (QED) is 0.302. The first kappa shape index (κ1) is 18.9. The summed E-state index contributed by atoms with van der Waals surface area (Å²) in [5.41, 5.74) is 1.27. The van der Waals surface area contributed by atoms with E-state index in [0.717, 1.165) is 24.8 Å². The molecule has 1 N–H and O–H groups in total. The highest BCUT2D eigenvalue weighted by Gasteiger charge is 2.05. The average Bonchev–Trinajstić information content (AvgIpc) is 2.62. The number of aliphatic hydroxyl groups is 1. The zero-order valence-corrected chi connectivity index (χ0v) is 14.3. The molecule has 0 aliphatic carbocycles. The predicted molar refractivity (Wildman–Crippen MR) is 97.0 cm³/mol. The lowest BCUT2D eigenvalue weighted by molar-refractivity contribution is -0.0245. The number of hydrogen-bond acceptors (Lipinski definition) is 3. The molecular weight excluding hydrogens is 319 g/mol. The van der Waals surface area contributed by atoms with Crippen molar-refractivity contribution in [2.75, 3.05) is 0 Å². The van der Waals surface area contributed by atoms with Crippen molar-refractivity contribution in [1.82, 2.24) is 0 Å². The van der Waals surface area contributed by atoms with Gasteiger partial charge in [-0.05, 0) is 54.5 Å². The molecule has 4 heteroatoms. The normalized spacial score (nSPS) is 12.3.